The molecular weight excluding hydrogens is 404 g/mol. The summed E-state index contributed by atoms with van der Waals surface area (Å²) in [6, 6.07) is 7.29. The van der Waals surface area contributed by atoms with Crippen molar-refractivity contribution in [1.82, 2.24) is 19.6 Å². The fraction of sp³-hybridized carbons (Fsp3) is 0.458. The molecule has 2 aromatic rings. The lowest BCUT2D eigenvalue weighted by Gasteiger charge is -2.35. The first kappa shape index (κ1) is 21.9. The van der Waals surface area contributed by atoms with Crippen molar-refractivity contribution in [2.24, 2.45) is 10.9 Å². The highest BCUT2D eigenvalue weighted by Gasteiger charge is 2.53. The Morgan fingerprint density at radius 1 is 1.09 bits per heavy atom. The molecule has 1 aromatic carbocycles. The van der Waals surface area contributed by atoms with Crippen molar-refractivity contribution in [2.75, 3.05) is 13.6 Å². The van der Waals surface area contributed by atoms with Gasteiger partial charge in [-0.15, -0.1) is 9.78 Å². The van der Waals surface area contributed by atoms with Crippen LogP contribution in [0.3, 0.4) is 0 Å². The summed E-state index contributed by atoms with van der Waals surface area (Å²) in [5.74, 6) is 0.953. The first-order chi connectivity index (χ1) is 15.1. The Bertz CT molecular complexity index is 1170. The van der Waals surface area contributed by atoms with E-state index >= 15 is 0 Å². The Morgan fingerprint density at radius 3 is 2.44 bits per heavy atom. The first-order valence-corrected chi connectivity index (χ1v) is 11.0. The van der Waals surface area contributed by atoms with Crippen molar-refractivity contribution in [3.05, 3.63) is 52.3 Å². The molecule has 0 radical (unpaired) electrons. The van der Waals surface area contributed by atoms with E-state index in [1.807, 2.05) is 38.3 Å². The number of hydrogen-bond donors (Lipinski definition) is 0. The van der Waals surface area contributed by atoms with E-state index in [2.05, 4.69) is 37.1 Å². The molecular formula is C24H31N6O2+. The van der Waals surface area contributed by atoms with Crippen molar-refractivity contribution < 1.29 is 14.2 Å². The maximum absolute atomic E-state index is 13.6. The van der Waals surface area contributed by atoms with Gasteiger partial charge in [-0.1, -0.05) is 42.6 Å². The van der Waals surface area contributed by atoms with E-state index in [-0.39, 0.29) is 17.9 Å². The van der Waals surface area contributed by atoms with Gasteiger partial charge in [-0.2, -0.15) is 0 Å². The van der Waals surface area contributed by atoms with Gasteiger partial charge in [0, 0.05) is 13.6 Å². The molecule has 32 heavy (non-hydrogen) atoms. The van der Waals surface area contributed by atoms with Crippen LogP contribution in [0, 0.1) is 33.6 Å². The average Bonchev–Trinajstić information content (AvgIpc) is 3.25. The van der Waals surface area contributed by atoms with E-state index in [1.165, 1.54) is 9.80 Å². The van der Waals surface area contributed by atoms with Gasteiger partial charge >= 0.3 is 12.0 Å². The number of imide groups is 1. The molecule has 1 aromatic heterocycles. The quantitative estimate of drug-likeness (QED) is 0.693. The number of carbonyl (C=O) groups is 2. The summed E-state index contributed by atoms with van der Waals surface area (Å²) in [7, 11) is 1.69. The van der Waals surface area contributed by atoms with Gasteiger partial charge in [0.15, 0.2) is 0 Å². The molecule has 8 nitrogen and oxygen atoms in total. The molecule has 1 unspecified atom stereocenters. The van der Waals surface area contributed by atoms with Crippen molar-refractivity contribution in [1.29, 1.82) is 0 Å². The second-order valence-electron chi connectivity index (χ2n) is 9.25. The number of carbonyl (C=O) groups excluding carboxylic acids is 2. The summed E-state index contributed by atoms with van der Waals surface area (Å²) < 4.78 is 3.75. The lowest BCUT2D eigenvalue weighted by atomic mass is 10.0. The topological polar surface area (TPSA) is 73.8 Å². The highest BCUT2D eigenvalue weighted by Crippen LogP contribution is 2.24. The molecule has 8 heteroatoms. The van der Waals surface area contributed by atoms with Crippen molar-refractivity contribution >= 4 is 23.7 Å². The predicted octanol–water partition coefficient (Wildman–Crippen LogP) is 2.86. The van der Waals surface area contributed by atoms with Crippen molar-refractivity contribution in [3.63, 3.8) is 0 Å². The van der Waals surface area contributed by atoms with E-state index in [4.69, 9.17) is 4.99 Å². The van der Waals surface area contributed by atoms with E-state index in [0.717, 1.165) is 28.1 Å². The molecule has 1 saturated heterocycles. The zero-order chi connectivity index (χ0) is 23.3. The molecule has 0 aliphatic carbocycles. The standard InChI is InChI=1S/C24H31N6O2/c1-14(2)12-29-22(31)20-21(27(7)24(29)32)25-23(30-18(6)11-17(5)26-30)28(20)13-19-10-15(3)8-9-16(19)4/h8-11,14,20H,12-13H2,1-7H3/q+1. The Morgan fingerprint density at radius 2 is 1.81 bits per heavy atom. The number of aryl methyl sites for hydroxylation is 4. The van der Waals surface area contributed by atoms with Gasteiger partial charge in [-0.3, -0.25) is 14.6 Å². The predicted molar refractivity (Wildman–Crippen MR) is 123 cm³/mol. The monoisotopic (exact) mass is 435 g/mol. The fourth-order valence-electron chi connectivity index (χ4n) is 4.36. The third-order valence-electron chi connectivity index (χ3n) is 5.98. The third-order valence-corrected chi connectivity index (χ3v) is 5.98. The van der Waals surface area contributed by atoms with Gasteiger partial charge in [0.05, 0.1) is 12.2 Å². The second-order valence-corrected chi connectivity index (χ2v) is 9.25. The van der Waals surface area contributed by atoms with Crippen LogP contribution in [0.4, 0.5) is 4.79 Å². The maximum Gasteiger partial charge on any atom is 0.421 e. The molecule has 0 N–H and O–H groups in total. The van der Waals surface area contributed by atoms with Gasteiger partial charge in [-0.05, 0) is 50.8 Å². The molecule has 1 fully saturated rings. The Hall–Kier alpha value is -3.29. The first-order valence-electron chi connectivity index (χ1n) is 11.0. The minimum absolute atomic E-state index is 0.170. The van der Waals surface area contributed by atoms with Crippen molar-refractivity contribution in [3.8, 4) is 0 Å². The molecule has 0 bridgehead atoms. The zero-order valence-electron chi connectivity index (χ0n) is 19.9. The van der Waals surface area contributed by atoms with Gasteiger partial charge < -0.3 is 0 Å². The van der Waals surface area contributed by atoms with Crippen LogP contribution >= 0.6 is 0 Å². The molecule has 2 aliphatic heterocycles. The van der Waals surface area contributed by atoms with Gasteiger partial charge in [0.25, 0.3) is 5.91 Å². The smallest absolute Gasteiger partial charge is 0.270 e. The highest BCUT2D eigenvalue weighted by molar-refractivity contribution is 6.23. The minimum atomic E-state index is -0.671. The van der Waals surface area contributed by atoms with Crippen LogP contribution in [-0.2, 0) is 11.3 Å². The lowest BCUT2D eigenvalue weighted by Crippen LogP contribution is -2.63. The van der Waals surface area contributed by atoms with Crippen LogP contribution in [0.25, 0.3) is 0 Å². The normalized spacial score (nSPS) is 18.8. The second kappa shape index (κ2) is 8.00. The van der Waals surface area contributed by atoms with E-state index < -0.39 is 6.04 Å². The SMILES string of the molecule is Cc1ccc(C)c(C[N+]2=C(n3nc(C)cc3C)N=C3C2C(=O)N(CC(C)C)C(=O)N3C)c1. The number of likely N-dealkylation sites (N-methyl/N-ethyl adjacent to an activating group) is 1. The van der Waals surface area contributed by atoms with Crippen LogP contribution in [0.15, 0.2) is 29.3 Å². The average molecular weight is 436 g/mol. The summed E-state index contributed by atoms with van der Waals surface area (Å²) in [4.78, 5) is 34.3. The molecule has 168 valence electrons. The van der Waals surface area contributed by atoms with Gasteiger partial charge in [0.2, 0.25) is 11.9 Å². The number of urea groups is 1. The molecule has 0 saturated carbocycles. The molecule has 2 aliphatic rings. The molecule has 3 amide bonds. The minimum Gasteiger partial charge on any atom is -0.270 e. The maximum atomic E-state index is 13.6. The zero-order valence-corrected chi connectivity index (χ0v) is 19.9. The molecule has 4 rings (SSSR count). The summed E-state index contributed by atoms with van der Waals surface area (Å²) in [6.45, 7) is 12.9. The number of amidine groups is 1. The largest absolute Gasteiger partial charge is 0.421 e. The number of aliphatic imine (C=N–C) groups is 1. The summed E-state index contributed by atoms with van der Waals surface area (Å²) in [6.07, 6.45) is 0. The number of aromatic nitrogens is 2. The van der Waals surface area contributed by atoms with E-state index in [9.17, 15) is 9.59 Å². The Balaban J connectivity index is 1.88. The highest BCUT2D eigenvalue weighted by atomic mass is 16.2. The Kier molecular flexibility index (Phi) is 5.48. The number of benzene rings is 1. The molecule has 1 atom stereocenters. The van der Waals surface area contributed by atoms with Gasteiger partial charge in [0.1, 0.15) is 5.69 Å². The summed E-state index contributed by atoms with van der Waals surface area (Å²) in [5, 5.41) is 4.62. The lowest BCUT2D eigenvalue weighted by molar-refractivity contribution is -0.553. The van der Waals surface area contributed by atoms with E-state index in [0.29, 0.717) is 24.9 Å². The van der Waals surface area contributed by atoms with Crippen LogP contribution in [0.5, 0.6) is 0 Å². The fourth-order valence-corrected chi connectivity index (χ4v) is 4.36. The Labute approximate surface area is 188 Å². The number of rotatable bonds is 4. The number of nitrogens with zero attached hydrogens (tertiary/aromatic N) is 6. The number of hydrogen-bond acceptors (Lipinski definition) is 4. The van der Waals surface area contributed by atoms with Crippen LogP contribution < -0.4 is 0 Å². The van der Waals surface area contributed by atoms with E-state index in [1.54, 1.807) is 11.7 Å². The van der Waals surface area contributed by atoms with Crippen LogP contribution in [0.1, 0.15) is 41.9 Å². The number of fused-ring (bicyclic) bond motifs is 1. The number of amides is 3. The summed E-state index contributed by atoms with van der Waals surface area (Å²) in [5.41, 5.74) is 5.20. The van der Waals surface area contributed by atoms with Crippen molar-refractivity contribution in [2.45, 2.75) is 54.1 Å². The summed E-state index contributed by atoms with van der Waals surface area (Å²) >= 11 is 0. The van der Waals surface area contributed by atoms with Crippen LogP contribution in [0.2, 0.25) is 0 Å². The van der Waals surface area contributed by atoms with Gasteiger partial charge in [-0.25, -0.2) is 9.37 Å². The third kappa shape index (κ3) is 3.63. The molecule has 0 spiro atoms. The molecule has 3 heterocycles. The van der Waals surface area contributed by atoms with Crippen LogP contribution in [-0.4, -0.2) is 67.5 Å².